The lowest BCUT2D eigenvalue weighted by Gasteiger charge is -1.82. The minimum Gasteiger partial charge on any atom is -0.246 e. The first-order valence-corrected chi connectivity index (χ1v) is 2.32. The van der Waals surface area contributed by atoms with Crippen molar-refractivity contribution in [2.75, 3.05) is 0 Å². The van der Waals surface area contributed by atoms with E-state index in [9.17, 15) is 0 Å². The molecule has 0 saturated heterocycles. The molecule has 4 heavy (non-hydrogen) atoms. The predicted octanol–water partition coefficient (Wildman–Crippen LogP) is -0.281. The molecule has 0 bridgehead atoms. The Labute approximate surface area is 31.2 Å². The van der Waals surface area contributed by atoms with Gasteiger partial charge in [0.05, 0.1) is 22.7 Å². The standard InChI is InChI=1S/B3P/c1-4(2)3. The van der Waals surface area contributed by atoms with Crippen LogP contribution in [0.1, 0.15) is 0 Å². The number of hydrogen-bond donors (Lipinski definition) is 0. The van der Waals surface area contributed by atoms with E-state index in [4.69, 9.17) is 22.7 Å². The van der Waals surface area contributed by atoms with Crippen LogP contribution < -0.4 is 0 Å². The molecule has 0 heterocycles. The van der Waals surface area contributed by atoms with Gasteiger partial charge in [-0.1, -0.05) is 0 Å². The zero-order chi connectivity index (χ0) is 3.58. The lowest BCUT2D eigenvalue weighted by atomic mass is 10.7. The van der Waals surface area contributed by atoms with E-state index in [1.807, 2.05) is 0 Å². The van der Waals surface area contributed by atoms with Crippen LogP contribution >= 0.6 is 7.56 Å². The smallest absolute Gasteiger partial charge is 0.0820 e. The summed E-state index contributed by atoms with van der Waals surface area (Å²) in [7, 11) is 13.1. The van der Waals surface area contributed by atoms with Gasteiger partial charge in [-0.05, 0) is 0 Å². The Bertz CT molecular complexity index is 8.00. The number of hydrogen-bond acceptors (Lipinski definition) is 0. The highest BCUT2D eigenvalue weighted by Crippen LogP contribution is 2.08. The van der Waals surface area contributed by atoms with Gasteiger partial charge in [-0.15, -0.1) is 0 Å². The highest BCUT2D eigenvalue weighted by atomic mass is 31.1. The van der Waals surface area contributed by atoms with Gasteiger partial charge in [-0.3, -0.25) is 0 Å². The normalized spacial score (nSPS) is 8.25. The first kappa shape index (κ1) is 4.62. The second-order valence-electron chi connectivity index (χ2n) is 0.447. The van der Waals surface area contributed by atoms with E-state index < -0.39 is 7.56 Å². The first-order chi connectivity index (χ1) is 1.73. The van der Waals surface area contributed by atoms with Crippen LogP contribution in [0.2, 0.25) is 0 Å². The second-order valence-corrected chi connectivity index (χ2v) is 1.34. The van der Waals surface area contributed by atoms with E-state index in [0.717, 1.165) is 0 Å². The Morgan fingerprint density at radius 3 is 1.00 bits per heavy atom. The van der Waals surface area contributed by atoms with Gasteiger partial charge >= 0.3 is 0 Å². The van der Waals surface area contributed by atoms with Crippen molar-refractivity contribution in [3.05, 3.63) is 0 Å². The molecule has 0 aliphatic rings. The highest BCUT2D eigenvalue weighted by Gasteiger charge is 1.66. The Kier molecular flexibility index (Phi) is 2.20. The summed E-state index contributed by atoms with van der Waals surface area (Å²) < 4.78 is 0. The van der Waals surface area contributed by atoms with Crippen LogP contribution in [0.3, 0.4) is 0 Å². The Balaban J connectivity index is 2.32. The third-order valence-corrected chi connectivity index (χ3v) is 0. The fourth-order valence-corrected chi connectivity index (χ4v) is 0. The summed E-state index contributed by atoms with van der Waals surface area (Å²) >= 11 is 0. The molecule has 0 aromatic heterocycles. The predicted molar refractivity (Wildman–Crippen MR) is 24.2 cm³/mol. The Morgan fingerprint density at radius 2 is 1.00 bits per heavy atom. The van der Waals surface area contributed by atoms with Crippen LogP contribution in [-0.2, 0) is 0 Å². The van der Waals surface area contributed by atoms with Crippen molar-refractivity contribution in [3.63, 3.8) is 0 Å². The van der Waals surface area contributed by atoms with Gasteiger partial charge < -0.3 is 0 Å². The molecule has 4 heteroatoms. The maximum atomic E-state index is 4.73. The average Bonchev–Trinajstić information content (AvgIpc) is 0.811. The lowest BCUT2D eigenvalue weighted by Crippen LogP contribution is -1.60. The van der Waals surface area contributed by atoms with Crippen molar-refractivity contribution in [2.24, 2.45) is 0 Å². The molecule has 0 spiro atoms. The van der Waals surface area contributed by atoms with Gasteiger partial charge in [0, 0.05) is 0 Å². The zero-order valence-corrected chi connectivity index (χ0v) is 3.07. The topological polar surface area (TPSA) is 0 Å². The van der Waals surface area contributed by atoms with Crippen molar-refractivity contribution in [2.45, 2.75) is 0 Å². The van der Waals surface area contributed by atoms with Crippen molar-refractivity contribution in [3.8, 4) is 0 Å². The summed E-state index contributed by atoms with van der Waals surface area (Å²) in [5, 5.41) is 0. The van der Waals surface area contributed by atoms with Crippen LogP contribution in [0.15, 0.2) is 0 Å². The highest BCUT2D eigenvalue weighted by molar-refractivity contribution is 8.17. The molecule has 0 unspecified atom stereocenters. The molecular formula is B3P. The summed E-state index contributed by atoms with van der Waals surface area (Å²) in [6.07, 6.45) is 0. The molecule has 0 aromatic rings. The minimum atomic E-state index is -1.12. The van der Waals surface area contributed by atoms with Crippen molar-refractivity contribution in [1.29, 1.82) is 0 Å². The molecule has 0 fully saturated rings. The summed E-state index contributed by atoms with van der Waals surface area (Å²) in [5.74, 6) is 0. The third-order valence-electron chi connectivity index (χ3n) is 0. The van der Waals surface area contributed by atoms with Crippen molar-refractivity contribution < 1.29 is 0 Å². The van der Waals surface area contributed by atoms with Crippen LogP contribution in [0.4, 0.5) is 0 Å². The quantitative estimate of drug-likeness (QED) is 0.268. The van der Waals surface area contributed by atoms with E-state index in [1.165, 1.54) is 0 Å². The first-order valence-electron chi connectivity index (χ1n) is 0.775. The lowest BCUT2D eigenvalue weighted by molar-refractivity contribution is 4.51. The summed E-state index contributed by atoms with van der Waals surface area (Å²) in [6, 6.07) is 0. The van der Waals surface area contributed by atoms with Gasteiger partial charge in [0.25, 0.3) is 0 Å². The fraction of sp³-hybridized carbons (Fsp3) is 0. The summed E-state index contributed by atoms with van der Waals surface area (Å²) in [4.78, 5) is 0. The molecule has 0 nitrogen and oxygen atoms in total. The van der Waals surface area contributed by atoms with E-state index in [0.29, 0.717) is 0 Å². The van der Waals surface area contributed by atoms with Crippen LogP contribution in [0.25, 0.3) is 0 Å². The zero-order valence-electron chi connectivity index (χ0n) is 2.18. The molecule has 0 rings (SSSR count). The maximum Gasteiger partial charge on any atom is 0.0820 e. The second kappa shape index (κ2) is 1.90. The van der Waals surface area contributed by atoms with Crippen molar-refractivity contribution >= 4 is 30.3 Å². The van der Waals surface area contributed by atoms with Gasteiger partial charge in [-0.25, -0.2) is 7.56 Å². The molecular weight excluding hydrogens is 63.4 g/mol. The van der Waals surface area contributed by atoms with Gasteiger partial charge in [0.15, 0.2) is 0 Å². The van der Waals surface area contributed by atoms with Crippen molar-refractivity contribution in [1.82, 2.24) is 0 Å². The monoisotopic (exact) mass is 64.0 g/mol. The number of rotatable bonds is 0. The Hall–Kier alpha value is 0.625. The van der Waals surface area contributed by atoms with Crippen LogP contribution in [-0.4, -0.2) is 22.7 Å². The molecule has 0 aliphatic carbocycles. The molecule has 6 radical (unpaired) electrons. The maximum absolute atomic E-state index is 4.73. The molecule has 0 saturated carbocycles. The molecule has 14 valence electrons. The SMILES string of the molecule is [B]P([B])[B]. The molecule has 0 aromatic carbocycles. The fourth-order valence-electron chi connectivity index (χ4n) is 0. The molecule has 0 aliphatic heterocycles. The van der Waals surface area contributed by atoms with Crippen LogP contribution in [0, 0.1) is 0 Å². The largest absolute Gasteiger partial charge is 0.246 e. The van der Waals surface area contributed by atoms with Crippen LogP contribution in [0.5, 0.6) is 0 Å². The average molecular weight is 63.4 g/mol. The molecule has 0 atom stereocenters. The van der Waals surface area contributed by atoms with E-state index in [2.05, 4.69) is 0 Å². The molecule has 0 amide bonds. The third kappa shape index (κ3) is 17.8. The van der Waals surface area contributed by atoms with E-state index in [-0.39, 0.29) is 0 Å². The summed E-state index contributed by atoms with van der Waals surface area (Å²) in [6.45, 7) is 0. The van der Waals surface area contributed by atoms with Gasteiger partial charge in [-0.2, -0.15) is 0 Å². The summed E-state index contributed by atoms with van der Waals surface area (Å²) in [5.41, 5.74) is 0. The minimum absolute atomic E-state index is 1.12. The van der Waals surface area contributed by atoms with E-state index in [1.54, 1.807) is 0 Å². The Morgan fingerprint density at radius 1 is 1.00 bits per heavy atom. The molecule has 0 N–H and O–H groups in total. The van der Waals surface area contributed by atoms with Gasteiger partial charge in [0.1, 0.15) is 0 Å². The van der Waals surface area contributed by atoms with Gasteiger partial charge in [0.2, 0.25) is 0 Å². The van der Waals surface area contributed by atoms with E-state index >= 15 is 0 Å².